The summed E-state index contributed by atoms with van der Waals surface area (Å²) in [5.41, 5.74) is 1.41. The number of carbonyl (C=O) groups excluding carboxylic acids is 1. The Labute approximate surface area is 130 Å². The van der Waals surface area contributed by atoms with Crippen LogP contribution in [-0.4, -0.2) is 54.7 Å². The highest BCUT2D eigenvalue weighted by Gasteiger charge is 2.32. The summed E-state index contributed by atoms with van der Waals surface area (Å²) in [5, 5.41) is 9.26. The monoisotopic (exact) mass is 300 g/mol. The number of hydrogen-bond acceptors (Lipinski definition) is 5. The van der Waals surface area contributed by atoms with E-state index in [1.165, 1.54) is 0 Å². The summed E-state index contributed by atoms with van der Waals surface area (Å²) >= 11 is 0. The highest BCUT2D eigenvalue weighted by Crippen LogP contribution is 2.22. The van der Waals surface area contributed by atoms with Gasteiger partial charge in [-0.1, -0.05) is 0 Å². The molecule has 0 saturated carbocycles. The van der Waals surface area contributed by atoms with Crippen molar-refractivity contribution in [3.8, 4) is 6.07 Å². The molecule has 0 N–H and O–H groups in total. The van der Waals surface area contributed by atoms with Crippen LogP contribution < -0.4 is 4.90 Å². The van der Waals surface area contributed by atoms with Crippen LogP contribution in [0.25, 0.3) is 0 Å². The second kappa shape index (κ2) is 6.32. The normalized spacial score (nSPS) is 21.7. The van der Waals surface area contributed by atoms with Crippen molar-refractivity contribution in [2.45, 2.75) is 25.9 Å². The molecule has 116 valence electrons. The number of pyridine rings is 1. The van der Waals surface area contributed by atoms with E-state index in [0.717, 1.165) is 31.6 Å². The average molecular weight is 300 g/mol. The number of aromatic nitrogens is 1. The molecule has 22 heavy (non-hydrogen) atoms. The molecule has 2 saturated heterocycles. The van der Waals surface area contributed by atoms with Gasteiger partial charge in [0.15, 0.2) is 6.10 Å². The van der Waals surface area contributed by atoms with Crippen molar-refractivity contribution in [3.05, 3.63) is 23.4 Å². The van der Waals surface area contributed by atoms with E-state index in [1.807, 2.05) is 22.8 Å². The topological polar surface area (TPSA) is 69.5 Å². The summed E-state index contributed by atoms with van der Waals surface area (Å²) in [4.78, 5) is 20.8. The van der Waals surface area contributed by atoms with E-state index in [9.17, 15) is 10.1 Å². The molecule has 1 aromatic heterocycles. The van der Waals surface area contributed by atoms with Crippen LogP contribution in [0.15, 0.2) is 12.1 Å². The van der Waals surface area contributed by atoms with Crippen LogP contribution in [0.1, 0.15) is 24.1 Å². The first-order valence-electron chi connectivity index (χ1n) is 7.72. The molecule has 2 aliphatic rings. The van der Waals surface area contributed by atoms with Gasteiger partial charge in [0.1, 0.15) is 11.9 Å². The molecular formula is C16H20N4O2. The van der Waals surface area contributed by atoms with Gasteiger partial charge in [0.2, 0.25) is 0 Å². The van der Waals surface area contributed by atoms with E-state index in [-0.39, 0.29) is 5.91 Å². The van der Waals surface area contributed by atoms with Crippen molar-refractivity contribution in [3.63, 3.8) is 0 Å². The Morgan fingerprint density at radius 3 is 2.86 bits per heavy atom. The van der Waals surface area contributed by atoms with Crippen molar-refractivity contribution in [1.82, 2.24) is 9.88 Å². The SMILES string of the molecule is Cc1ccc(C#N)c(N2CCOC(C(=O)N3CCCC3)C2)n1. The number of likely N-dealkylation sites (tertiary alicyclic amines) is 1. The minimum atomic E-state index is -0.458. The van der Waals surface area contributed by atoms with Crippen LogP contribution in [0.2, 0.25) is 0 Å². The third-order valence-corrected chi connectivity index (χ3v) is 4.19. The standard InChI is InChI=1S/C16H20N4O2/c1-12-4-5-13(10-17)15(18-12)20-8-9-22-14(11-20)16(21)19-6-2-3-7-19/h4-5,14H,2-3,6-9,11H2,1H3. The summed E-state index contributed by atoms with van der Waals surface area (Å²) in [6.45, 7) is 5.13. The Morgan fingerprint density at radius 2 is 2.14 bits per heavy atom. The van der Waals surface area contributed by atoms with Gasteiger partial charge in [0, 0.05) is 25.3 Å². The Hall–Kier alpha value is -2.13. The fraction of sp³-hybridized carbons (Fsp3) is 0.562. The molecule has 2 fully saturated rings. The summed E-state index contributed by atoms with van der Waals surface area (Å²) < 4.78 is 5.66. The lowest BCUT2D eigenvalue weighted by molar-refractivity contribution is -0.143. The lowest BCUT2D eigenvalue weighted by Crippen LogP contribution is -2.51. The molecule has 0 aliphatic carbocycles. The molecule has 0 bridgehead atoms. The molecule has 0 aromatic carbocycles. The zero-order chi connectivity index (χ0) is 15.5. The first-order valence-corrected chi connectivity index (χ1v) is 7.72. The predicted molar refractivity (Wildman–Crippen MR) is 81.5 cm³/mol. The summed E-state index contributed by atoms with van der Waals surface area (Å²) in [6.07, 6.45) is 1.68. The predicted octanol–water partition coefficient (Wildman–Crippen LogP) is 1.09. The van der Waals surface area contributed by atoms with Crippen LogP contribution in [0.3, 0.4) is 0 Å². The quantitative estimate of drug-likeness (QED) is 0.817. The van der Waals surface area contributed by atoms with Gasteiger partial charge in [0.25, 0.3) is 5.91 Å². The molecule has 0 radical (unpaired) electrons. The van der Waals surface area contributed by atoms with Gasteiger partial charge in [-0.15, -0.1) is 0 Å². The smallest absolute Gasteiger partial charge is 0.253 e. The van der Waals surface area contributed by atoms with Crippen LogP contribution in [0.5, 0.6) is 0 Å². The second-order valence-electron chi connectivity index (χ2n) is 5.77. The van der Waals surface area contributed by atoms with Gasteiger partial charge < -0.3 is 14.5 Å². The number of hydrogen-bond donors (Lipinski definition) is 0. The molecule has 0 spiro atoms. The van der Waals surface area contributed by atoms with Crippen LogP contribution >= 0.6 is 0 Å². The number of morpholine rings is 1. The summed E-state index contributed by atoms with van der Waals surface area (Å²) in [7, 11) is 0. The molecule has 1 atom stereocenters. The number of nitrogens with zero attached hydrogens (tertiary/aromatic N) is 4. The number of rotatable bonds is 2. The van der Waals surface area contributed by atoms with Crippen molar-refractivity contribution in [2.75, 3.05) is 37.7 Å². The Balaban J connectivity index is 1.77. The van der Waals surface area contributed by atoms with E-state index >= 15 is 0 Å². The third kappa shape index (κ3) is 2.90. The van der Waals surface area contributed by atoms with E-state index in [2.05, 4.69) is 11.1 Å². The maximum absolute atomic E-state index is 12.5. The van der Waals surface area contributed by atoms with E-state index in [0.29, 0.717) is 31.1 Å². The summed E-state index contributed by atoms with van der Waals surface area (Å²) in [6, 6.07) is 5.79. The van der Waals surface area contributed by atoms with Crippen molar-refractivity contribution < 1.29 is 9.53 Å². The third-order valence-electron chi connectivity index (χ3n) is 4.19. The number of nitriles is 1. The molecule has 3 rings (SSSR count). The van der Waals surface area contributed by atoms with E-state index < -0.39 is 6.10 Å². The maximum Gasteiger partial charge on any atom is 0.253 e. The number of aryl methyl sites for hydroxylation is 1. The second-order valence-corrected chi connectivity index (χ2v) is 5.77. The van der Waals surface area contributed by atoms with Gasteiger partial charge in [-0.2, -0.15) is 5.26 Å². The number of carbonyl (C=O) groups is 1. The Bertz CT molecular complexity index is 605. The fourth-order valence-corrected chi connectivity index (χ4v) is 3.00. The largest absolute Gasteiger partial charge is 0.365 e. The minimum Gasteiger partial charge on any atom is -0.365 e. The minimum absolute atomic E-state index is 0.0633. The van der Waals surface area contributed by atoms with Gasteiger partial charge in [-0.3, -0.25) is 4.79 Å². The highest BCUT2D eigenvalue weighted by molar-refractivity contribution is 5.82. The molecule has 1 aromatic rings. The fourth-order valence-electron chi connectivity index (χ4n) is 3.00. The van der Waals surface area contributed by atoms with Gasteiger partial charge in [0.05, 0.1) is 18.7 Å². The first kappa shape index (κ1) is 14.8. The summed E-state index contributed by atoms with van der Waals surface area (Å²) in [5.74, 6) is 0.721. The number of anilines is 1. The van der Waals surface area contributed by atoms with E-state index in [1.54, 1.807) is 6.07 Å². The van der Waals surface area contributed by atoms with Gasteiger partial charge in [-0.05, 0) is 31.9 Å². The van der Waals surface area contributed by atoms with Crippen molar-refractivity contribution in [2.24, 2.45) is 0 Å². The molecule has 2 aliphatic heterocycles. The Kier molecular flexibility index (Phi) is 4.25. The van der Waals surface area contributed by atoms with Crippen molar-refractivity contribution in [1.29, 1.82) is 5.26 Å². The molecule has 1 amide bonds. The zero-order valence-corrected chi connectivity index (χ0v) is 12.8. The lowest BCUT2D eigenvalue weighted by atomic mass is 10.2. The van der Waals surface area contributed by atoms with Crippen LogP contribution in [0.4, 0.5) is 5.82 Å². The maximum atomic E-state index is 12.5. The van der Waals surface area contributed by atoms with Crippen LogP contribution in [0, 0.1) is 18.3 Å². The van der Waals surface area contributed by atoms with E-state index in [4.69, 9.17) is 4.74 Å². The molecule has 1 unspecified atom stereocenters. The lowest BCUT2D eigenvalue weighted by Gasteiger charge is -2.35. The van der Waals surface area contributed by atoms with Crippen molar-refractivity contribution >= 4 is 11.7 Å². The molecule has 6 nitrogen and oxygen atoms in total. The zero-order valence-electron chi connectivity index (χ0n) is 12.8. The van der Waals surface area contributed by atoms with Gasteiger partial charge >= 0.3 is 0 Å². The van der Waals surface area contributed by atoms with Crippen LogP contribution in [-0.2, 0) is 9.53 Å². The highest BCUT2D eigenvalue weighted by atomic mass is 16.5. The average Bonchev–Trinajstić information content (AvgIpc) is 3.08. The molecule has 3 heterocycles. The Morgan fingerprint density at radius 1 is 1.36 bits per heavy atom. The molecule has 6 heteroatoms. The number of ether oxygens (including phenoxy) is 1. The number of amides is 1. The van der Waals surface area contributed by atoms with Gasteiger partial charge in [-0.25, -0.2) is 4.98 Å². The first-order chi connectivity index (χ1) is 10.7. The molecular weight excluding hydrogens is 280 g/mol.